The molecule has 25 nitrogen and oxygen atoms in total. The molecule has 9 amide bonds. The molecule has 3 aromatic rings. The number of carbonyl (C=O) groups excluding carboxylic acids is 9. The predicted molar refractivity (Wildman–Crippen MR) is 305 cm³/mol. The Morgan fingerprint density at radius 2 is 1.12 bits per heavy atom. The number of aromatic hydroxyl groups is 1. The second-order valence-corrected chi connectivity index (χ2v) is 20.3. The van der Waals surface area contributed by atoms with Gasteiger partial charge in [-0.1, -0.05) is 86.6 Å². The molecule has 1 heterocycles. The minimum Gasteiger partial charge on any atom is -0.508 e. The van der Waals surface area contributed by atoms with Crippen molar-refractivity contribution >= 4 is 65.1 Å². The Hall–Kier alpha value is -8.77. The molecule has 4 rings (SSSR count). The number of phenolic OH excluding ortho intramolecular Hbond substituents is 1. The van der Waals surface area contributed by atoms with E-state index in [-0.39, 0.29) is 133 Å². The number of benzene rings is 3. The van der Waals surface area contributed by atoms with E-state index in [4.69, 9.17) is 28.7 Å². The topological polar surface area (TPSA) is 416 Å². The van der Waals surface area contributed by atoms with E-state index in [1.807, 2.05) is 13.8 Å². The molecule has 1 aliphatic rings. The van der Waals surface area contributed by atoms with E-state index in [1.54, 1.807) is 72.8 Å². The zero-order valence-corrected chi connectivity index (χ0v) is 46.2. The van der Waals surface area contributed by atoms with Gasteiger partial charge in [0.2, 0.25) is 53.2 Å². The van der Waals surface area contributed by atoms with E-state index in [0.29, 0.717) is 23.1 Å². The number of nitrogens with zero attached hydrogens (tertiary/aromatic N) is 3. The average molecular weight is 1120 g/mol. The summed E-state index contributed by atoms with van der Waals surface area (Å²) in [5, 5.41) is 29.4. The maximum Gasteiger partial charge on any atom is 0.245 e. The molecule has 81 heavy (non-hydrogen) atoms. The van der Waals surface area contributed by atoms with E-state index >= 15 is 4.79 Å². The molecule has 0 bridgehead atoms. The van der Waals surface area contributed by atoms with E-state index in [9.17, 15) is 43.5 Å². The Kier molecular flexibility index (Phi) is 27.4. The van der Waals surface area contributed by atoms with Gasteiger partial charge in [0.15, 0.2) is 11.9 Å². The number of nitrogens with two attached hydrogens (primary N) is 5. The Balaban J connectivity index is 1.78. The maximum absolute atomic E-state index is 15.2. The fourth-order valence-corrected chi connectivity index (χ4v) is 8.86. The number of guanidine groups is 2. The standard InChI is InChI=1S/C56H81N15O10/c1-35(2)30-42(49(57)76)67-50(77)41(19-12-27-64-56(60)61)66-48(75)34-71-29-13-28-62-46(73)20-9-10-21-47(74)65-40(18-11-26-63-55(58)59)51(78)68-44(32-38-22-24-39(72)25-23-38)52(79)69-43(31-36-14-5-3-6-15-36)53(80)70-45(54(71)81)33-37-16-7-4-8-17-37/h3-8,14-17,22-25,35,40-45,72H,9-13,18-21,26-34H2,1-2H3,(H2,57,76)(H,62,73)(H,65,74)(H,66,75)(H,67,77)(H,68,78)(H,69,79)(H,70,80)(H4,58,59,63)(H4,60,61,64)/t40-,41-,42-,43-,44-,45+/m0/s1. The predicted octanol–water partition coefficient (Wildman–Crippen LogP) is -1.12. The van der Waals surface area contributed by atoms with Crippen molar-refractivity contribution in [3.8, 4) is 5.75 Å². The summed E-state index contributed by atoms with van der Waals surface area (Å²) in [5.41, 5.74) is 29.5. The van der Waals surface area contributed by atoms with Crippen molar-refractivity contribution in [2.75, 3.05) is 32.7 Å². The molecule has 25 heteroatoms. The van der Waals surface area contributed by atoms with Crippen LogP contribution in [0.25, 0.3) is 0 Å². The van der Waals surface area contributed by atoms with Gasteiger partial charge in [0.25, 0.3) is 0 Å². The van der Waals surface area contributed by atoms with Gasteiger partial charge in [0.05, 0.1) is 6.54 Å². The summed E-state index contributed by atoms with van der Waals surface area (Å²) >= 11 is 0. The molecule has 1 aliphatic heterocycles. The highest BCUT2D eigenvalue weighted by atomic mass is 16.3. The first-order valence-electron chi connectivity index (χ1n) is 27.3. The molecular weight excluding hydrogens is 1040 g/mol. The maximum atomic E-state index is 15.2. The fourth-order valence-electron chi connectivity index (χ4n) is 8.86. The van der Waals surface area contributed by atoms with Crippen LogP contribution in [0.5, 0.6) is 5.75 Å². The van der Waals surface area contributed by atoms with Crippen LogP contribution in [0.1, 0.15) is 94.7 Å². The third kappa shape index (κ3) is 24.8. The molecule has 0 aromatic heterocycles. The lowest BCUT2D eigenvalue weighted by Crippen LogP contribution is -2.60. The summed E-state index contributed by atoms with van der Waals surface area (Å²) in [4.78, 5) is 135. The molecule has 18 N–H and O–H groups in total. The summed E-state index contributed by atoms with van der Waals surface area (Å²) in [6.07, 6.45) is 1.10. The van der Waals surface area contributed by atoms with Crippen LogP contribution in [0, 0.1) is 5.92 Å². The molecule has 0 aliphatic carbocycles. The van der Waals surface area contributed by atoms with Crippen LogP contribution < -0.4 is 65.9 Å². The second-order valence-electron chi connectivity index (χ2n) is 20.3. The first-order valence-corrected chi connectivity index (χ1v) is 27.3. The number of amides is 9. The first-order chi connectivity index (χ1) is 38.7. The molecule has 3 aromatic carbocycles. The highest BCUT2D eigenvalue weighted by Gasteiger charge is 2.35. The Morgan fingerprint density at radius 3 is 1.67 bits per heavy atom. The molecule has 0 unspecified atom stereocenters. The van der Waals surface area contributed by atoms with Gasteiger partial charge >= 0.3 is 0 Å². The number of hydrogen-bond donors (Lipinski definition) is 13. The van der Waals surface area contributed by atoms with Gasteiger partial charge in [-0.25, -0.2) is 0 Å². The van der Waals surface area contributed by atoms with E-state index in [1.165, 1.54) is 17.0 Å². The number of carbonyl (C=O) groups is 9. The Bertz CT molecular complexity index is 2610. The molecule has 0 radical (unpaired) electrons. The quantitative estimate of drug-likeness (QED) is 0.0322. The van der Waals surface area contributed by atoms with Crippen LogP contribution >= 0.6 is 0 Å². The van der Waals surface area contributed by atoms with Gasteiger partial charge in [-0.15, -0.1) is 0 Å². The SMILES string of the molecule is CC(C)C[C@H](NC(=O)[C@H](CCCN=C(N)N)NC(=O)CN1CCCNC(=O)CCCCC(=O)N[C@@H](CCCN=C(N)N)C(=O)N[C@@H](Cc2ccc(O)cc2)C(=O)N[C@@H](Cc2ccccc2)C(=O)N[C@H](Cc2ccccc2)C1=O)C(N)=O. The van der Waals surface area contributed by atoms with Gasteiger partial charge in [0, 0.05) is 58.3 Å². The molecule has 1 saturated heterocycles. The minimum atomic E-state index is -1.40. The molecular formula is C56H81N15O10. The largest absolute Gasteiger partial charge is 0.508 e. The Morgan fingerprint density at radius 1 is 0.617 bits per heavy atom. The third-order valence-electron chi connectivity index (χ3n) is 13.0. The second kappa shape index (κ2) is 34.3. The fraction of sp³-hybridized carbons (Fsp3) is 0.482. The van der Waals surface area contributed by atoms with Crippen LogP contribution in [0.2, 0.25) is 0 Å². The lowest BCUT2D eigenvalue weighted by Gasteiger charge is -2.30. The zero-order chi connectivity index (χ0) is 59.3. The van der Waals surface area contributed by atoms with Crippen LogP contribution in [0.3, 0.4) is 0 Å². The van der Waals surface area contributed by atoms with Crippen molar-refractivity contribution in [1.29, 1.82) is 0 Å². The molecule has 6 atom stereocenters. The number of rotatable bonds is 22. The molecule has 1 fully saturated rings. The summed E-state index contributed by atoms with van der Waals surface area (Å²) in [6.45, 7) is 3.19. The van der Waals surface area contributed by atoms with Crippen LogP contribution in [0.15, 0.2) is 94.9 Å². The lowest BCUT2D eigenvalue weighted by atomic mass is 10.00. The number of aliphatic imine (C=N–C) groups is 2. The van der Waals surface area contributed by atoms with Crippen LogP contribution in [-0.4, -0.2) is 144 Å². The van der Waals surface area contributed by atoms with Crippen molar-refractivity contribution in [2.45, 2.75) is 134 Å². The molecule has 0 spiro atoms. The van der Waals surface area contributed by atoms with Crippen molar-refractivity contribution in [2.24, 2.45) is 44.6 Å². The monoisotopic (exact) mass is 1120 g/mol. The first kappa shape index (κ1) is 64.8. The van der Waals surface area contributed by atoms with Crippen LogP contribution in [0.4, 0.5) is 0 Å². The number of hydrogen-bond acceptors (Lipinski definition) is 12. The van der Waals surface area contributed by atoms with Gasteiger partial charge in [-0.2, -0.15) is 0 Å². The van der Waals surface area contributed by atoms with Crippen LogP contribution in [-0.2, 0) is 62.4 Å². The van der Waals surface area contributed by atoms with Crippen molar-refractivity contribution in [3.63, 3.8) is 0 Å². The zero-order valence-electron chi connectivity index (χ0n) is 46.2. The molecule has 0 saturated carbocycles. The van der Waals surface area contributed by atoms with E-state index in [2.05, 4.69) is 47.2 Å². The lowest BCUT2D eigenvalue weighted by molar-refractivity contribution is -0.140. The minimum absolute atomic E-state index is 0.00807. The normalized spacial score (nSPS) is 19.0. The van der Waals surface area contributed by atoms with E-state index in [0.717, 1.165) is 0 Å². The van der Waals surface area contributed by atoms with Crippen molar-refractivity contribution in [3.05, 3.63) is 102 Å². The van der Waals surface area contributed by atoms with Gasteiger partial charge < -0.3 is 75.9 Å². The summed E-state index contributed by atoms with van der Waals surface area (Å²) in [6, 6.07) is 15.8. The Labute approximate surface area is 472 Å². The molecule has 440 valence electrons. The van der Waals surface area contributed by atoms with Crippen molar-refractivity contribution < 1.29 is 48.3 Å². The van der Waals surface area contributed by atoms with Gasteiger partial charge in [-0.3, -0.25) is 53.1 Å². The number of primary amides is 1. The van der Waals surface area contributed by atoms with Crippen molar-refractivity contribution in [1.82, 2.24) is 42.1 Å². The van der Waals surface area contributed by atoms with E-state index < -0.39 is 90.1 Å². The van der Waals surface area contributed by atoms with Gasteiger partial charge in [-0.05, 0) is 86.1 Å². The smallest absolute Gasteiger partial charge is 0.245 e. The summed E-state index contributed by atoms with van der Waals surface area (Å²) in [7, 11) is 0. The summed E-state index contributed by atoms with van der Waals surface area (Å²) < 4.78 is 0. The third-order valence-corrected chi connectivity index (χ3v) is 13.0. The highest BCUT2D eigenvalue weighted by molar-refractivity contribution is 5.97. The van der Waals surface area contributed by atoms with Gasteiger partial charge in [0.1, 0.15) is 42.0 Å². The average Bonchev–Trinajstić information content (AvgIpc) is 3.44. The number of phenols is 1. The summed E-state index contributed by atoms with van der Waals surface area (Å²) in [5.74, 6) is -6.62. The number of nitrogens with one attached hydrogen (secondary N) is 7. The highest BCUT2D eigenvalue weighted by Crippen LogP contribution is 2.15.